The highest BCUT2D eigenvalue weighted by Gasteiger charge is 2.21. The zero-order valence-electron chi connectivity index (χ0n) is 11.0. The van der Waals surface area contributed by atoms with Gasteiger partial charge in [0.1, 0.15) is 0 Å². The van der Waals surface area contributed by atoms with Crippen molar-refractivity contribution >= 4 is 11.9 Å². The van der Waals surface area contributed by atoms with Gasteiger partial charge in [-0.2, -0.15) is 0 Å². The van der Waals surface area contributed by atoms with Crippen molar-refractivity contribution in [2.45, 2.75) is 19.3 Å². The lowest BCUT2D eigenvalue weighted by molar-refractivity contribution is -0.138. The van der Waals surface area contributed by atoms with Crippen LogP contribution in [-0.4, -0.2) is 30.1 Å². The highest BCUT2D eigenvalue weighted by atomic mass is 16.4. The fourth-order valence-electron chi connectivity index (χ4n) is 1.79. The van der Waals surface area contributed by atoms with E-state index in [-0.39, 0.29) is 18.4 Å². The SMILES string of the molecule is CC(CCN)C(=O)NCC(C(=O)O)c1ccccc1. The third-order valence-corrected chi connectivity index (χ3v) is 3.03. The molecule has 5 heteroatoms. The summed E-state index contributed by atoms with van der Waals surface area (Å²) in [6, 6.07) is 8.88. The molecule has 2 atom stereocenters. The summed E-state index contributed by atoms with van der Waals surface area (Å²) >= 11 is 0. The highest BCUT2D eigenvalue weighted by molar-refractivity contribution is 5.81. The molecule has 1 amide bonds. The van der Waals surface area contributed by atoms with Crippen molar-refractivity contribution in [3.05, 3.63) is 35.9 Å². The molecule has 1 aromatic carbocycles. The minimum atomic E-state index is -0.946. The molecule has 0 aromatic heterocycles. The van der Waals surface area contributed by atoms with Crippen molar-refractivity contribution in [2.24, 2.45) is 11.7 Å². The number of amides is 1. The number of carboxylic acids is 1. The van der Waals surface area contributed by atoms with Gasteiger partial charge in [-0.25, -0.2) is 0 Å². The van der Waals surface area contributed by atoms with E-state index in [0.29, 0.717) is 18.5 Å². The van der Waals surface area contributed by atoms with Crippen LogP contribution in [0.3, 0.4) is 0 Å². The van der Waals surface area contributed by atoms with Crippen molar-refractivity contribution in [2.75, 3.05) is 13.1 Å². The van der Waals surface area contributed by atoms with Gasteiger partial charge in [0.05, 0.1) is 5.92 Å². The molecule has 4 N–H and O–H groups in total. The Bertz CT molecular complexity index is 420. The topological polar surface area (TPSA) is 92.4 Å². The average Bonchev–Trinajstić information content (AvgIpc) is 2.39. The number of nitrogens with two attached hydrogens (primary N) is 1. The number of aliphatic carboxylic acids is 1. The lowest BCUT2D eigenvalue weighted by atomic mass is 9.99. The van der Waals surface area contributed by atoms with Gasteiger partial charge < -0.3 is 16.2 Å². The summed E-state index contributed by atoms with van der Waals surface area (Å²) in [4.78, 5) is 23.0. The molecule has 0 aliphatic rings. The van der Waals surface area contributed by atoms with Crippen molar-refractivity contribution in [3.63, 3.8) is 0 Å². The molecule has 0 aliphatic carbocycles. The molecular weight excluding hydrogens is 244 g/mol. The summed E-state index contributed by atoms with van der Waals surface area (Å²) in [5.41, 5.74) is 6.07. The fraction of sp³-hybridized carbons (Fsp3) is 0.429. The Hall–Kier alpha value is -1.88. The molecule has 0 saturated heterocycles. The first-order valence-electron chi connectivity index (χ1n) is 6.31. The molecule has 0 bridgehead atoms. The minimum Gasteiger partial charge on any atom is -0.481 e. The Morgan fingerprint density at radius 1 is 1.32 bits per heavy atom. The lowest BCUT2D eigenvalue weighted by Crippen LogP contribution is -2.35. The Labute approximate surface area is 112 Å². The van der Waals surface area contributed by atoms with Crippen LogP contribution in [0.1, 0.15) is 24.8 Å². The molecule has 1 rings (SSSR count). The number of carboxylic acid groups (broad SMARTS) is 1. The maximum atomic E-state index is 11.7. The molecule has 0 radical (unpaired) electrons. The van der Waals surface area contributed by atoms with Crippen molar-refractivity contribution in [1.82, 2.24) is 5.32 Å². The number of rotatable bonds is 7. The van der Waals surface area contributed by atoms with Crippen LogP contribution in [0.2, 0.25) is 0 Å². The second-order valence-corrected chi connectivity index (χ2v) is 4.53. The van der Waals surface area contributed by atoms with Crippen LogP contribution in [0, 0.1) is 5.92 Å². The van der Waals surface area contributed by atoms with E-state index >= 15 is 0 Å². The summed E-state index contributed by atoms with van der Waals surface area (Å²) in [6.07, 6.45) is 0.592. The minimum absolute atomic E-state index is 0.0904. The van der Waals surface area contributed by atoms with Gasteiger partial charge in [-0.1, -0.05) is 37.3 Å². The normalized spacial score (nSPS) is 13.6. The van der Waals surface area contributed by atoms with Gasteiger partial charge in [-0.3, -0.25) is 9.59 Å². The maximum Gasteiger partial charge on any atom is 0.312 e. The van der Waals surface area contributed by atoms with Gasteiger partial charge in [-0.15, -0.1) is 0 Å². The van der Waals surface area contributed by atoms with Gasteiger partial charge in [0.2, 0.25) is 5.91 Å². The number of benzene rings is 1. The molecule has 5 nitrogen and oxygen atoms in total. The number of carbonyl (C=O) groups is 2. The molecule has 0 heterocycles. The van der Waals surface area contributed by atoms with Gasteiger partial charge >= 0.3 is 5.97 Å². The molecule has 0 spiro atoms. The fourth-order valence-corrected chi connectivity index (χ4v) is 1.79. The Morgan fingerprint density at radius 2 is 1.95 bits per heavy atom. The monoisotopic (exact) mass is 264 g/mol. The van der Waals surface area contributed by atoms with Crippen LogP contribution < -0.4 is 11.1 Å². The summed E-state index contributed by atoms with van der Waals surface area (Å²) in [7, 11) is 0. The molecule has 0 fully saturated rings. The number of hydrogen-bond acceptors (Lipinski definition) is 3. The van der Waals surface area contributed by atoms with Gasteiger partial charge in [0.15, 0.2) is 0 Å². The first-order valence-corrected chi connectivity index (χ1v) is 6.31. The molecule has 0 aliphatic heterocycles. The summed E-state index contributed by atoms with van der Waals surface area (Å²) < 4.78 is 0. The van der Waals surface area contributed by atoms with Crippen LogP contribution in [0.15, 0.2) is 30.3 Å². The smallest absolute Gasteiger partial charge is 0.312 e. The molecule has 1 aromatic rings. The highest BCUT2D eigenvalue weighted by Crippen LogP contribution is 2.15. The van der Waals surface area contributed by atoms with E-state index in [0.717, 1.165) is 0 Å². The van der Waals surface area contributed by atoms with E-state index in [1.165, 1.54) is 0 Å². The number of carbonyl (C=O) groups excluding carboxylic acids is 1. The Balaban J connectivity index is 2.61. The molecular formula is C14H20N2O3. The maximum absolute atomic E-state index is 11.7. The quantitative estimate of drug-likeness (QED) is 0.683. The van der Waals surface area contributed by atoms with Crippen LogP contribution in [0.5, 0.6) is 0 Å². The standard InChI is InChI=1S/C14H20N2O3/c1-10(7-8-15)13(17)16-9-12(14(18)19)11-5-3-2-4-6-11/h2-6,10,12H,7-9,15H2,1H3,(H,16,17)(H,18,19). The van der Waals surface area contributed by atoms with Crippen LogP contribution in [0.4, 0.5) is 0 Å². The van der Waals surface area contributed by atoms with Gasteiger partial charge in [0.25, 0.3) is 0 Å². The zero-order chi connectivity index (χ0) is 14.3. The number of nitrogens with one attached hydrogen (secondary N) is 1. The third kappa shape index (κ3) is 4.71. The largest absolute Gasteiger partial charge is 0.481 e. The number of hydrogen-bond donors (Lipinski definition) is 3. The zero-order valence-corrected chi connectivity index (χ0v) is 11.0. The van der Waals surface area contributed by atoms with Crippen molar-refractivity contribution in [3.8, 4) is 0 Å². The third-order valence-electron chi connectivity index (χ3n) is 3.03. The van der Waals surface area contributed by atoms with E-state index in [2.05, 4.69) is 5.32 Å². The van der Waals surface area contributed by atoms with Gasteiger partial charge in [-0.05, 0) is 18.5 Å². The summed E-state index contributed by atoms with van der Waals surface area (Å²) in [5.74, 6) is -2.03. The average molecular weight is 264 g/mol. The summed E-state index contributed by atoms with van der Waals surface area (Å²) in [6.45, 7) is 2.31. The Morgan fingerprint density at radius 3 is 2.47 bits per heavy atom. The Kier molecular flexibility index (Phi) is 6.02. The van der Waals surface area contributed by atoms with Gasteiger partial charge in [0, 0.05) is 12.5 Å². The second-order valence-electron chi connectivity index (χ2n) is 4.53. The predicted octanol–water partition coefficient (Wildman–Crippen LogP) is 0.956. The van der Waals surface area contributed by atoms with E-state index < -0.39 is 11.9 Å². The summed E-state index contributed by atoms with van der Waals surface area (Å²) in [5, 5.41) is 11.9. The predicted molar refractivity (Wildman–Crippen MR) is 72.7 cm³/mol. The van der Waals surface area contributed by atoms with E-state index in [9.17, 15) is 14.7 Å². The molecule has 104 valence electrons. The van der Waals surface area contributed by atoms with E-state index in [1.54, 1.807) is 31.2 Å². The van der Waals surface area contributed by atoms with E-state index in [4.69, 9.17) is 5.73 Å². The van der Waals surface area contributed by atoms with Crippen molar-refractivity contribution in [1.29, 1.82) is 0 Å². The molecule has 19 heavy (non-hydrogen) atoms. The first kappa shape index (κ1) is 15.2. The second kappa shape index (κ2) is 7.53. The lowest BCUT2D eigenvalue weighted by Gasteiger charge is -2.16. The first-order chi connectivity index (χ1) is 9.06. The van der Waals surface area contributed by atoms with Crippen LogP contribution >= 0.6 is 0 Å². The molecule has 2 unspecified atom stereocenters. The van der Waals surface area contributed by atoms with Crippen LogP contribution in [0.25, 0.3) is 0 Å². The van der Waals surface area contributed by atoms with Crippen LogP contribution in [-0.2, 0) is 9.59 Å². The van der Waals surface area contributed by atoms with E-state index in [1.807, 2.05) is 6.07 Å². The molecule has 0 saturated carbocycles. The van der Waals surface area contributed by atoms with Crippen molar-refractivity contribution < 1.29 is 14.7 Å².